The van der Waals surface area contributed by atoms with Crippen LogP contribution in [0.1, 0.15) is 54.7 Å². The van der Waals surface area contributed by atoms with Crippen molar-refractivity contribution >= 4 is 5.91 Å². The third-order valence-corrected chi connectivity index (χ3v) is 4.56. The highest BCUT2D eigenvalue weighted by molar-refractivity contribution is 5.98. The number of ether oxygens (including phenoxy) is 2. The Hall–Kier alpha value is -2.49. The van der Waals surface area contributed by atoms with Crippen LogP contribution in [-0.4, -0.2) is 24.0 Å². The van der Waals surface area contributed by atoms with Crippen LogP contribution in [0.3, 0.4) is 0 Å². The Morgan fingerprint density at radius 1 is 1.00 bits per heavy atom. The van der Waals surface area contributed by atoms with Gasteiger partial charge in [-0.25, -0.2) is 0 Å². The fourth-order valence-electron chi connectivity index (χ4n) is 3.44. The molecule has 0 N–H and O–H groups in total. The molecule has 0 fully saturated rings. The Morgan fingerprint density at radius 2 is 1.72 bits per heavy atom. The van der Waals surface area contributed by atoms with E-state index < -0.39 is 0 Å². The van der Waals surface area contributed by atoms with Crippen molar-refractivity contribution < 1.29 is 14.3 Å². The molecule has 2 aromatic carbocycles. The molecule has 1 atom stereocenters. The van der Waals surface area contributed by atoms with Crippen molar-refractivity contribution in [2.45, 2.75) is 39.8 Å². The molecular weight excluding hydrogens is 314 g/mol. The lowest BCUT2D eigenvalue weighted by Crippen LogP contribution is -2.28. The predicted octanol–water partition coefficient (Wildman–Crippen LogP) is 4.59. The molecule has 0 spiro atoms. The average Bonchev–Trinajstić information content (AvgIpc) is 2.95. The van der Waals surface area contributed by atoms with Gasteiger partial charge in [0.1, 0.15) is 0 Å². The van der Waals surface area contributed by atoms with Gasteiger partial charge in [0.15, 0.2) is 11.5 Å². The minimum absolute atomic E-state index is 0.0229. The highest BCUT2D eigenvalue weighted by Gasteiger charge is 2.32. The van der Waals surface area contributed by atoms with Gasteiger partial charge in [-0.15, -0.1) is 0 Å². The second-order valence-corrected chi connectivity index (χ2v) is 6.09. The van der Waals surface area contributed by atoms with Crippen LogP contribution in [-0.2, 0) is 6.54 Å². The normalized spacial score (nSPS) is 14.4. The minimum atomic E-state index is 0.0229. The van der Waals surface area contributed by atoms with E-state index in [0.717, 1.165) is 34.6 Å². The first-order valence-electron chi connectivity index (χ1n) is 8.97. The molecule has 4 heteroatoms. The molecule has 0 radical (unpaired) electrons. The highest BCUT2D eigenvalue weighted by atomic mass is 16.5. The molecule has 0 bridgehead atoms. The standard InChI is InChI=1S/C21H25NO3/c1-4-18(22-14-16-9-7-8-10-17(16)21(22)23)15-11-12-19(24-5-2)20(13-15)25-6-3/h7-13,18H,4-6,14H2,1-3H3/t18-/m1/s1. The van der Waals surface area contributed by atoms with Crippen molar-refractivity contribution in [1.29, 1.82) is 0 Å². The van der Waals surface area contributed by atoms with Crippen molar-refractivity contribution in [1.82, 2.24) is 4.90 Å². The van der Waals surface area contributed by atoms with Gasteiger partial charge in [0.25, 0.3) is 5.91 Å². The Kier molecular flexibility index (Phi) is 5.27. The first-order chi connectivity index (χ1) is 12.2. The van der Waals surface area contributed by atoms with Crippen LogP contribution >= 0.6 is 0 Å². The van der Waals surface area contributed by atoms with Gasteiger partial charge >= 0.3 is 0 Å². The van der Waals surface area contributed by atoms with Crippen molar-refractivity contribution in [3.05, 3.63) is 59.2 Å². The smallest absolute Gasteiger partial charge is 0.255 e. The SMILES string of the molecule is CCOc1ccc([C@@H](CC)N2Cc3ccccc3C2=O)cc1OCC. The molecule has 1 aliphatic heterocycles. The largest absolute Gasteiger partial charge is 0.490 e. The molecule has 1 heterocycles. The number of amides is 1. The van der Waals surface area contributed by atoms with Crippen molar-refractivity contribution in [2.24, 2.45) is 0 Å². The lowest BCUT2D eigenvalue weighted by Gasteiger charge is -2.28. The van der Waals surface area contributed by atoms with Crippen molar-refractivity contribution in [3.63, 3.8) is 0 Å². The van der Waals surface area contributed by atoms with Gasteiger partial charge in [-0.05, 0) is 49.6 Å². The predicted molar refractivity (Wildman–Crippen MR) is 98.1 cm³/mol. The van der Waals surface area contributed by atoms with E-state index in [0.29, 0.717) is 19.8 Å². The molecule has 1 aliphatic rings. The van der Waals surface area contributed by atoms with Crippen LogP contribution in [0, 0.1) is 0 Å². The van der Waals surface area contributed by atoms with Gasteiger partial charge in [-0.2, -0.15) is 0 Å². The number of carbonyl (C=O) groups excluding carboxylic acids is 1. The summed E-state index contributed by atoms with van der Waals surface area (Å²) in [4.78, 5) is 14.8. The molecule has 132 valence electrons. The van der Waals surface area contributed by atoms with E-state index >= 15 is 0 Å². The van der Waals surface area contributed by atoms with Crippen LogP contribution < -0.4 is 9.47 Å². The third-order valence-electron chi connectivity index (χ3n) is 4.56. The molecular formula is C21H25NO3. The minimum Gasteiger partial charge on any atom is -0.490 e. The molecule has 2 aromatic rings. The molecule has 0 aromatic heterocycles. The zero-order chi connectivity index (χ0) is 17.8. The van der Waals surface area contributed by atoms with E-state index in [4.69, 9.17) is 9.47 Å². The maximum absolute atomic E-state index is 12.8. The first kappa shape index (κ1) is 17.3. The zero-order valence-electron chi connectivity index (χ0n) is 15.1. The number of hydrogen-bond acceptors (Lipinski definition) is 3. The van der Waals surface area contributed by atoms with Crippen molar-refractivity contribution in [3.8, 4) is 11.5 Å². The Morgan fingerprint density at radius 3 is 2.40 bits per heavy atom. The maximum Gasteiger partial charge on any atom is 0.255 e. The molecule has 0 saturated heterocycles. The summed E-state index contributed by atoms with van der Waals surface area (Å²) in [6.45, 7) is 7.85. The van der Waals surface area contributed by atoms with Gasteiger partial charge in [0.2, 0.25) is 0 Å². The molecule has 0 saturated carbocycles. The van der Waals surface area contributed by atoms with E-state index in [1.54, 1.807) is 0 Å². The van der Waals surface area contributed by atoms with E-state index in [2.05, 4.69) is 6.92 Å². The Labute approximate surface area is 149 Å². The number of fused-ring (bicyclic) bond motifs is 1. The van der Waals surface area contributed by atoms with Gasteiger partial charge in [0, 0.05) is 12.1 Å². The molecule has 0 unspecified atom stereocenters. The molecule has 3 rings (SSSR count). The second kappa shape index (κ2) is 7.60. The fourth-order valence-corrected chi connectivity index (χ4v) is 3.44. The van der Waals surface area contributed by atoms with E-state index in [-0.39, 0.29) is 11.9 Å². The number of rotatable bonds is 7. The molecule has 25 heavy (non-hydrogen) atoms. The second-order valence-electron chi connectivity index (χ2n) is 6.09. The van der Waals surface area contributed by atoms with E-state index in [1.807, 2.05) is 61.2 Å². The summed E-state index contributed by atoms with van der Waals surface area (Å²) in [5.41, 5.74) is 2.99. The summed E-state index contributed by atoms with van der Waals surface area (Å²) in [6, 6.07) is 13.9. The van der Waals surface area contributed by atoms with Gasteiger partial charge < -0.3 is 14.4 Å². The van der Waals surface area contributed by atoms with Crippen LogP contribution in [0.4, 0.5) is 0 Å². The molecule has 4 nitrogen and oxygen atoms in total. The summed E-state index contributed by atoms with van der Waals surface area (Å²) in [6.07, 6.45) is 0.847. The summed E-state index contributed by atoms with van der Waals surface area (Å²) in [5, 5.41) is 0. The summed E-state index contributed by atoms with van der Waals surface area (Å²) in [7, 11) is 0. The quantitative estimate of drug-likeness (QED) is 0.740. The van der Waals surface area contributed by atoms with Crippen LogP contribution in [0.5, 0.6) is 11.5 Å². The van der Waals surface area contributed by atoms with Crippen LogP contribution in [0.2, 0.25) is 0 Å². The van der Waals surface area contributed by atoms with Crippen LogP contribution in [0.25, 0.3) is 0 Å². The number of hydrogen-bond donors (Lipinski definition) is 0. The zero-order valence-corrected chi connectivity index (χ0v) is 15.1. The third kappa shape index (κ3) is 3.34. The maximum atomic E-state index is 12.8. The Balaban J connectivity index is 1.91. The lowest BCUT2D eigenvalue weighted by atomic mass is 10.0. The van der Waals surface area contributed by atoms with Crippen molar-refractivity contribution in [2.75, 3.05) is 13.2 Å². The topological polar surface area (TPSA) is 38.8 Å². The van der Waals surface area contributed by atoms with Gasteiger partial charge in [-0.3, -0.25) is 4.79 Å². The van der Waals surface area contributed by atoms with Gasteiger partial charge in [-0.1, -0.05) is 31.2 Å². The molecule has 0 aliphatic carbocycles. The average molecular weight is 339 g/mol. The van der Waals surface area contributed by atoms with Gasteiger partial charge in [0.05, 0.1) is 19.3 Å². The Bertz CT molecular complexity index is 757. The van der Waals surface area contributed by atoms with Crippen LogP contribution in [0.15, 0.2) is 42.5 Å². The first-order valence-corrected chi connectivity index (χ1v) is 8.97. The monoisotopic (exact) mass is 339 g/mol. The summed E-state index contributed by atoms with van der Waals surface area (Å²) >= 11 is 0. The number of carbonyl (C=O) groups is 1. The van der Waals surface area contributed by atoms with E-state index in [9.17, 15) is 4.79 Å². The summed E-state index contributed by atoms with van der Waals surface area (Å²) in [5.74, 6) is 1.60. The van der Waals surface area contributed by atoms with E-state index in [1.165, 1.54) is 0 Å². The lowest BCUT2D eigenvalue weighted by molar-refractivity contribution is 0.0695. The summed E-state index contributed by atoms with van der Waals surface area (Å²) < 4.78 is 11.4. The number of nitrogens with zero attached hydrogens (tertiary/aromatic N) is 1. The molecule has 1 amide bonds. The number of benzene rings is 2. The highest BCUT2D eigenvalue weighted by Crippen LogP contribution is 2.37. The fraction of sp³-hybridized carbons (Fsp3) is 0.381.